The van der Waals surface area contributed by atoms with Crippen LogP contribution in [0.3, 0.4) is 0 Å². The number of benzene rings is 3. The number of hydrogen-bond acceptors (Lipinski definition) is 3. The van der Waals surface area contributed by atoms with Gasteiger partial charge in [-0.2, -0.15) is 0 Å². The first kappa shape index (κ1) is 19.4. The average Bonchev–Trinajstić information content (AvgIpc) is 2.71. The van der Waals surface area contributed by atoms with E-state index < -0.39 is 0 Å². The average molecular weight is 395 g/mol. The van der Waals surface area contributed by atoms with E-state index in [9.17, 15) is 14.0 Å². The molecule has 5 nitrogen and oxygen atoms in total. The van der Waals surface area contributed by atoms with Gasteiger partial charge in [0.25, 0.3) is 0 Å². The monoisotopic (exact) mass is 395 g/mol. The van der Waals surface area contributed by atoms with Crippen molar-refractivity contribution in [2.45, 2.75) is 12.8 Å². The van der Waals surface area contributed by atoms with Crippen LogP contribution >= 0.6 is 12.2 Å². The number of hydrazine groups is 1. The van der Waals surface area contributed by atoms with Crippen molar-refractivity contribution >= 4 is 45.5 Å². The molecule has 3 rings (SSSR count). The minimum atomic E-state index is -0.364. The fourth-order valence-electron chi connectivity index (χ4n) is 2.62. The Bertz CT molecular complexity index is 1020. The Morgan fingerprint density at radius 3 is 2.32 bits per heavy atom. The Kier molecular flexibility index (Phi) is 6.29. The number of Topliss-reactive ketones (excluding diaryl/α,β-unsaturated/α-hetero) is 1. The number of rotatable bonds is 5. The molecule has 1 amide bonds. The topological polar surface area (TPSA) is 70.2 Å². The summed E-state index contributed by atoms with van der Waals surface area (Å²) in [6.07, 6.45) is 0.113. The molecule has 3 aromatic rings. The van der Waals surface area contributed by atoms with E-state index in [-0.39, 0.29) is 35.5 Å². The maximum Gasteiger partial charge on any atom is 0.238 e. The minimum absolute atomic E-state index is 0.0256. The lowest BCUT2D eigenvalue weighted by Crippen LogP contribution is -2.43. The number of halogens is 1. The van der Waals surface area contributed by atoms with Crippen molar-refractivity contribution in [3.63, 3.8) is 0 Å². The summed E-state index contributed by atoms with van der Waals surface area (Å²) >= 11 is 5.05. The number of hydrogen-bond donors (Lipinski definition) is 3. The molecule has 3 N–H and O–H groups in total. The molecule has 0 aromatic heterocycles. The maximum atomic E-state index is 12.9. The first-order valence-electron chi connectivity index (χ1n) is 8.65. The van der Waals surface area contributed by atoms with Crippen LogP contribution in [0.1, 0.15) is 23.2 Å². The Hall–Kier alpha value is -3.32. The van der Waals surface area contributed by atoms with Crippen LogP contribution < -0.4 is 16.2 Å². The fourth-order valence-corrected chi connectivity index (χ4v) is 2.79. The summed E-state index contributed by atoms with van der Waals surface area (Å²) in [6.45, 7) is 0. The van der Waals surface area contributed by atoms with Crippen LogP contribution in [0.15, 0.2) is 66.7 Å². The van der Waals surface area contributed by atoms with Crippen molar-refractivity contribution in [3.8, 4) is 0 Å². The normalized spacial score (nSPS) is 10.3. The highest BCUT2D eigenvalue weighted by Crippen LogP contribution is 2.17. The number of amides is 1. The van der Waals surface area contributed by atoms with Gasteiger partial charge in [0, 0.05) is 24.1 Å². The number of fused-ring (bicyclic) bond motifs is 1. The second-order valence-corrected chi connectivity index (χ2v) is 6.53. The molecule has 0 spiro atoms. The van der Waals surface area contributed by atoms with Gasteiger partial charge in [0.1, 0.15) is 5.82 Å². The van der Waals surface area contributed by atoms with Gasteiger partial charge in [-0.05, 0) is 53.3 Å². The van der Waals surface area contributed by atoms with Gasteiger partial charge in [-0.15, -0.1) is 0 Å². The Balaban J connectivity index is 1.44. The van der Waals surface area contributed by atoms with E-state index in [0.29, 0.717) is 11.3 Å². The van der Waals surface area contributed by atoms with Crippen molar-refractivity contribution < 1.29 is 14.0 Å². The molecule has 0 bridgehead atoms. The van der Waals surface area contributed by atoms with Crippen molar-refractivity contribution in [2.75, 3.05) is 5.32 Å². The molecule has 0 atom stereocenters. The summed E-state index contributed by atoms with van der Waals surface area (Å²) in [6, 6.07) is 18.9. The molecular formula is C21H18FN3O2S. The second-order valence-electron chi connectivity index (χ2n) is 6.12. The van der Waals surface area contributed by atoms with E-state index in [1.165, 1.54) is 24.3 Å². The van der Waals surface area contributed by atoms with Crippen LogP contribution in [0.2, 0.25) is 0 Å². The molecule has 0 aliphatic heterocycles. The van der Waals surface area contributed by atoms with Crippen LogP contribution in [-0.4, -0.2) is 16.8 Å². The zero-order chi connectivity index (χ0) is 19.9. The largest absolute Gasteiger partial charge is 0.331 e. The van der Waals surface area contributed by atoms with Gasteiger partial charge in [-0.1, -0.05) is 36.4 Å². The third kappa shape index (κ3) is 5.34. The zero-order valence-corrected chi connectivity index (χ0v) is 15.7. The zero-order valence-electron chi connectivity index (χ0n) is 14.9. The molecule has 0 aliphatic carbocycles. The van der Waals surface area contributed by atoms with Gasteiger partial charge in [-0.25, -0.2) is 4.39 Å². The van der Waals surface area contributed by atoms with Crippen molar-refractivity contribution in [1.29, 1.82) is 0 Å². The summed E-state index contributed by atoms with van der Waals surface area (Å²) in [5.74, 6) is -0.820. The van der Waals surface area contributed by atoms with E-state index >= 15 is 0 Å². The van der Waals surface area contributed by atoms with Crippen LogP contribution in [0.4, 0.5) is 10.1 Å². The number of ketones is 1. The highest BCUT2D eigenvalue weighted by atomic mass is 32.1. The molecule has 0 radical (unpaired) electrons. The van der Waals surface area contributed by atoms with E-state index in [1.807, 2.05) is 36.4 Å². The SMILES string of the molecule is O=C(CCC(=O)c1ccc2ccccc2c1)NNC(=S)Nc1ccc(F)cc1. The maximum absolute atomic E-state index is 12.9. The minimum Gasteiger partial charge on any atom is -0.331 e. The predicted molar refractivity (Wildman–Crippen MR) is 111 cm³/mol. The summed E-state index contributed by atoms with van der Waals surface area (Å²) in [5, 5.41) is 5.00. The smallest absolute Gasteiger partial charge is 0.238 e. The van der Waals surface area contributed by atoms with Crippen LogP contribution in [0.5, 0.6) is 0 Å². The third-order valence-corrected chi connectivity index (χ3v) is 4.27. The van der Waals surface area contributed by atoms with Crippen LogP contribution in [0, 0.1) is 5.82 Å². The third-order valence-electron chi connectivity index (χ3n) is 4.07. The lowest BCUT2D eigenvalue weighted by molar-refractivity contribution is -0.121. The first-order valence-corrected chi connectivity index (χ1v) is 9.05. The van der Waals surface area contributed by atoms with Gasteiger partial charge in [0.2, 0.25) is 5.91 Å². The number of carbonyl (C=O) groups excluding carboxylic acids is 2. The molecule has 0 fully saturated rings. The van der Waals surface area contributed by atoms with Crippen LogP contribution in [0.25, 0.3) is 10.8 Å². The fraction of sp³-hybridized carbons (Fsp3) is 0.0952. The molecule has 0 saturated heterocycles. The second kappa shape index (κ2) is 9.05. The van der Waals surface area contributed by atoms with Gasteiger partial charge >= 0.3 is 0 Å². The van der Waals surface area contributed by atoms with Gasteiger partial charge in [-0.3, -0.25) is 20.4 Å². The van der Waals surface area contributed by atoms with Crippen molar-refractivity contribution in [3.05, 3.63) is 78.1 Å². The predicted octanol–water partition coefficient (Wildman–Crippen LogP) is 3.96. The lowest BCUT2D eigenvalue weighted by Gasteiger charge is -2.11. The number of thiocarbonyl (C=S) groups is 1. The number of carbonyl (C=O) groups is 2. The Morgan fingerprint density at radius 1 is 0.857 bits per heavy atom. The van der Waals surface area contributed by atoms with E-state index in [0.717, 1.165) is 10.8 Å². The quantitative estimate of drug-likeness (QED) is 0.347. The molecule has 0 unspecified atom stereocenters. The van der Waals surface area contributed by atoms with Crippen molar-refractivity contribution in [2.24, 2.45) is 0 Å². The summed E-state index contributed by atoms with van der Waals surface area (Å²) in [7, 11) is 0. The molecule has 0 aliphatic rings. The molecule has 3 aromatic carbocycles. The summed E-state index contributed by atoms with van der Waals surface area (Å²) in [4.78, 5) is 24.3. The Morgan fingerprint density at radius 2 is 1.57 bits per heavy atom. The Labute approximate surface area is 166 Å². The van der Waals surface area contributed by atoms with Crippen LogP contribution in [-0.2, 0) is 4.79 Å². The highest BCUT2D eigenvalue weighted by Gasteiger charge is 2.10. The lowest BCUT2D eigenvalue weighted by atomic mass is 10.0. The molecule has 0 saturated carbocycles. The van der Waals surface area contributed by atoms with Gasteiger partial charge in [0.05, 0.1) is 0 Å². The summed E-state index contributed by atoms with van der Waals surface area (Å²) < 4.78 is 12.9. The van der Waals surface area contributed by atoms with E-state index in [2.05, 4.69) is 16.2 Å². The molecule has 0 heterocycles. The van der Waals surface area contributed by atoms with Gasteiger partial charge < -0.3 is 5.32 Å². The molecule has 7 heteroatoms. The first-order chi connectivity index (χ1) is 13.5. The van der Waals surface area contributed by atoms with Gasteiger partial charge in [0.15, 0.2) is 10.9 Å². The summed E-state index contributed by atoms with van der Waals surface area (Å²) in [5.41, 5.74) is 6.14. The molecule has 28 heavy (non-hydrogen) atoms. The number of anilines is 1. The molecular weight excluding hydrogens is 377 g/mol. The highest BCUT2D eigenvalue weighted by molar-refractivity contribution is 7.80. The molecule has 142 valence electrons. The number of nitrogens with one attached hydrogen (secondary N) is 3. The van der Waals surface area contributed by atoms with E-state index in [1.54, 1.807) is 6.07 Å². The standard InChI is InChI=1S/C21H18FN3O2S/c22-17-7-9-18(10-8-17)23-21(28)25-24-20(27)12-11-19(26)16-6-5-14-3-1-2-4-15(14)13-16/h1-10,13H,11-12H2,(H,24,27)(H2,23,25,28). The van der Waals surface area contributed by atoms with E-state index in [4.69, 9.17) is 12.2 Å². The van der Waals surface area contributed by atoms with Crippen molar-refractivity contribution in [1.82, 2.24) is 10.9 Å².